The number of fused-ring (bicyclic) bond motifs is 1. The molecule has 100 valence electrons. The summed E-state index contributed by atoms with van der Waals surface area (Å²) in [5.41, 5.74) is 1.70. The van der Waals surface area contributed by atoms with Crippen LogP contribution in [0.5, 0.6) is 0 Å². The van der Waals surface area contributed by atoms with Gasteiger partial charge >= 0.3 is 5.97 Å². The van der Waals surface area contributed by atoms with E-state index >= 15 is 0 Å². The minimum atomic E-state index is -0.729. The lowest BCUT2D eigenvalue weighted by atomic mass is 9.96. The molecule has 0 spiro atoms. The van der Waals surface area contributed by atoms with Gasteiger partial charge in [-0.15, -0.1) is 0 Å². The van der Waals surface area contributed by atoms with E-state index < -0.39 is 5.97 Å². The fourth-order valence-electron chi connectivity index (χ4n) is 3.04. The second-order valence-electron chi connectivity index (χ2n) is 5.41. The van der Waals surface area contributed by atoms with E-state index in [0.29, 0.717) is 10.9 Å². The molecule has 19 heavy (non-hydrogen) atoms. The van der Waals surface area contributed by atoms with Crippen LogP contribution in [0.25, 0.3) is 11.0 Å². The zero-order chi connectivity index (χ0) is 13.6. The molecular weight excluding hydrogens is 264 g/mol. The number of aromatic nitrogens is 2. The van der Waals surface area contributed by atoms with Gasteiger partial charge in [-0.3, -0.25) is 4.79 Å². The van der Waals surface area contributed by atoms with E-state index in [0.717, 1.165) is 29.7 Å². The van der Waals surface area contributed by atoms with Gasteiger partial charge in [0.05, 0.1) is 17.0 Å². The van der Waals surface area contributed by atoms with Crippen LogP contribution in [0.1, 0.15) is 31.5 Å². The highest BCUT2D eigenvalue weighted by Gasteiger charge is 2.39. The summed E-state index contributed by atoms with van der Waals surface area (Å²) in [7, 11) is 0. The number of nitrogens with zero attached hydrogens (tertiary/aromatic N) is 1. The van der Waals surface area contributed by atoms with Crippen molar-refractivity contribution in [2.75, 3.05) is 0 Å². The molecule has 0 radical (unpaired) electrons. The average Bonchev–Trinajstić information content (AvgIpc) is 2.91. The molecule has 1 saturated carbocycles. The molecule has 1 fully saturated rings. The van der Waals surface area contributed by atoms with Gasteiger partial charge < -0.3 is 10.1 Å². The number of carbonyl (C=O) groups is 1. The van der Waals surface area contributed by atoms with Gasteiger partial charge in [-0.2, -0.15) is 0 Å². The largest absolute Gasteiger partial charge is 0.481 e. The number of hydrogen-bond acceptors (Lipinski definition) is 2. The number of carboxylic acid groups (broad SMARTS) is 1. The summed E-state index contributed by atoms with van der Waals surface area (Å²) in [6, 6.07) is 5.47. The van der Waals surface area contributed by atoms with Crippen LogP contribution in [-0.2, 0) is 4.79 Å². The number of nitrogens with one attached hydrogen (secondary N) is 1. The maximum Gasteiger partial charge on any atom is 0.307 e. The Hall–Kier alpha value is -1.55. The van der Waals surface area contributed by atoms with Crippen LogP contribution < -0.4 is 0 Å². The van der Waals surface area contributed by atoms with Gasteiger partial charge in [0.15, 0.2) is 0 Å². The molecule has 1 aliphatic carbocycles. The van der Waals surface area contributed by atoms with Crippen molar-refractivity contribution in [1.29, 1.82) is 0 Å². The second kappa shape index (κ2) is 4.53. The molecule has 2 N–H and O–H groups in total. The van der Waals surface area contributed by atoms with Crippen LogP contribution in [0.4, 0.5) is 0 Å². The summed E-state index contributed by atoms with van der Waals surface area (Å²) in [6.07, 6.45) is 1.59. The van der Waals surface area contributed by atoms with Gasteiger partial charge in [0.25, 0.3) is 0 Å². The summed E-state index contributed by atoms with van der Waals surface area (Å²) in [5.74, 6) is 0.0921. The molecule has 0 amide bonds. The van der Waals surface area contributed by atoms with Crippen LogP contribution >= 0.6 is 11.6 Å². The number of rotatable bonds is 2. The van der Waals surface area contributed by atoms with Crippen LogP contribution in [0.2, 0.25) is 5.02 Å². The molecule has 2 aromatic rings. The highest BCUT2D eigenvalue weighted by atomic mass is 35.5. The number of H-pyrrole nitrogens is 1. The molecule has 1 aromatic carbocycles. The average molecular weight is 279 g/mol. The van der Waals surface area contributed by atoms with E-state index in [2.05, 4.69) is 16.9 Å². The minimum absolute atomic E-state index is 0.0290. The molecule has 0 bridgehead atoms. The second-order valence-corrected chi connectivity index (χ2v) is 5.85. The van der Waals surface area contributed by atoms with Gasteiger partial charge in [0, 0.05) is 10.9 Å². The standard InChI is InChI=1S/C14H15ClN2O2/c1-7-4-9(10(5-7)14(18)19)13-16-11-3-2-8(15)6-12(11)17-13/h2-3,6-7,9-10H,4-5H2,1H3,(H,16,17)(H,18,19). The third kappa shape index (κ3) is 2.21. The van der Waals surface area contributed by atoms with Crippen molar-refractivity contribution in [3.63, 3.8) is 0 Å². The molecule has 0 saturated heterocycles. The maximum absolute atomic E-state index is 11.3. The molecule has 5 heteroatoms. The maximum atomic E-state index is 11.3. The molecule has 3 unspecified atom stereocenters. The number of imidazole rings is 1. The number of hydrogen-bond donors (Lipinski definition) is 2. The van der Waals surface area contributed by atoms with Gasteiger partial charge in [0.2, 0.25) is 0 Å². The number of aliphatic carboxylic acids is 1. The van der Waals surface area contributed by atoms with Crippen LogP contribution in [0.15, 0.2) is 18.2 Å². The third-order valence-corrected chi connectivity index (χ3v) is 4.16. The first kappa shape index (κ1) is 12.5. The van der Waals surface area contributed by atoms with Crippen molar-refractivity contribution >= 4 is 28.6 Å². The Morgan fingerprint density at radius 2 is 2.26 bits per heavy atom. The first-order valence-electron chi connectivity index (χ1n) is 6.42. The molecule has 3 atom stereocenters. The van der Waals surface area contributed by atoms with E-state index in [9.17, 15) is 9.90 Å². The van der Waals surface area contributed by atoms with Crippen molar-refractivity contribution in [1.82, 2.24) is 9.97 Å². The lowest BCUT2D eigenvalue weighted by Gasteiger charge is -2.12. The topological polar surface area (TPSA) is 66.0 Å². The monoisotopic (exact) mass is 278 g/mol. The summed E-state index contributed by atoms with van der Waals surface area (Å²) in [4.78, 5) is 19.1. The zero-order valence-corrected chi connectivity index (χ0v) is 11.3. The summed E-state index contributed by atoms with van der Waals surface area (Å²) < 4.78 is 0. The van der Waals surface area contributed by atoms with Gasteiger partial charge in [0.1, 0.15) is 5.82 Å². The Morgan fingerprint density at radius 1 is 1.47 bits per heavy atom. The van der Waals surface area contributed by atoms with Crippen LogP contribution in [-0.4, -0.2) is 21.0 Å². The Bertz CT molecular complexity index is 637. The predicted molar refractivity (Wildman–Crippen MR) is 73.4 cm³/mol. The molecule has 1 heterocycles. The molecule has 4 nitrogen and oxygen atoms in total. The Morgan fingerprint density at radius 3 is 3.00 bits per heavy atom. The Labute approximate surface area is 115 Å². The first-order chi connectivity index (χ1) is 9.04. The van der Waals surface area contributed by atoms with Crippen molar-refractivity contribution < 1.29 is 9.90 Å². The summed E-state index contributed by atoms with van der Waals surface area (Å²) in [5, 5.41) is 9.97. The van der Waals surface area contributed by atoms with E-state index in [1.54, 1.807) is 6.07 Å². The Kier molecular flexibility index (Phi) is 2.97. The van der Waals surface area contributed by atoms with Gasteiger partial charge in [-0.25, -0.2) is 4.98 Å². The van der Waals surface area contributed by atoms with Crippen molar-refractivity contribution in [3.05, 3.63) is 29.0 Å². The third-order valence-electron chi connectivity index (χ3n) is 3.93. The fraction of sp³-hybridized carbons (Fsp3) is 0.429. The molecular formula is C14H15ClN2O2. The SMILES string of the molecule is CC1CC(C(=O)O)C(c2nc3ccc(Cl)cc3[nH]2)C1. The lowest BCUT2D eigenvalue weighted by Crippen LogP contribution is -2.17. The van der Waals surface area contributed by atoms with Crippen molar-refractivity contribution in [2.24, 2.45) is 11.8 Å². The van der Waals surface area contributed by atoms with Gasteiger partial charge in [-0.05, 0) is 37.0 Å². The Balaban J connectivity index is 2.01. The number of aromatic amines is 1. The highest BCUT2D eigenvalue weighted by molar-refractivity contribution is 6.31. The van der Waals surface area contributed by atoms with Gasteiger partial charge in [-0.1, -0.05) is 18.5 Å². The molecule has 1 aliphatic rings. The van der Waals surface area contributed by atoms with Crippen molar-refractivity contribution in [3.8, 4) is 0 Å². The van der Waals surface area contributed by atoms with Crippen LogP contribution in [0.3, 0.4) is 0 Å². The number of benzene rings is 1. The highest BCUT2D eigenvalue weighted by Crippen LogP contribution is 2.42. The van der Waals surface area contributed by atoms with Crippen molar-refractivity contribution in [2.45, 2.75) is 25.7 Å². The normalized spacial score (nSPS) is 26.9. The molecule has 1 aromatic heterocycles. The van der Waals surface area contributed by atoms with E-state index in [4.69, 9.17) is 11.6 Å². The fourth-order valence-corrected chi connectivity index (χ4v) is 3.22. The predicted octanol–water partition coefficient (Wildman–Crippen LogP) is 3.43. The molecule has 3 rings (SSSR count). The minimum Gasteiger partial charge on any atom is -0.481 e. The summed E-state index contributed by atoms with van der Waals surface area (Å²) >= 11 is 5.95. The smallest absolute Gasteiger partial charge is 0.307 e. The quantitative estimate of drug-likeness (QED) is 0.884. The first-order valence-corrected chi connectivity index (χ1v) is 6.80. The lowest BCUT2D eigenvalue weighted by molar-refractivity contribution is -0.142. The van der Waals surface area contributed by atoms with E-state index in [1.807, 2.05) is 12.1 Å². The van der Waals surface area contributed by atoms with Crippen LogP contribution in [0, 0.1) is 11.8 Å². The molecule has 0 aliphatic heterocycles. The van der Waals surface area contributed by atoms with E-state index in [-0.39, 0.29) is 11.8 Å². The number of carboxylic acids is 1. The van der Waals surface area contributed by atoms with E-state index in [1.165, 1.54) is 0 Å². The zero-order valence-electron chi connectivity index (χ0n) is 10.6. The number of halogens is 1. The summed E-state index contributed by atoms with van der Waals surface area (Å²) in [6.45, 7) is 2.09.